The average molecular weight is 941 g/mol. The first-order valence-electron chi connectivity index (χ1n) is 26.1. The van der Waals surface area contributed by atoms with Crippen LogP contribution in [0.2, 0.25) is 0 Å². The molecule has 0 aliphatic carbocycles. The molecule has 9 nitrogen and oxygen atoms in total. The summed E-state index contributed by atoms with van der Waals surface area (Å²) in [7, 11) is 1.13. The van der Waals surface area contributed by atoms with Crippen molar-refractivity contribution in [1.29, 1.82) is 0 Å². The molecule has 0 fully saturated rings. The number of hydrogen-bond donors (Lipinski definition) is 1. The molecule has 10 heteroatoms. The number of carbonyl (C=O) groups excluding carboxylic acids is 2. The zero-order valence-corrected chi connectivity index (χ0v) is 43.8. The highest BCUT2D eigenvalue weighted by Crippen LogP contribution is 2.38. The number of nitrogens with one attached hydrogen (secondary N) is 1. The number of ether oxygens (including phenoxy) is 1. The van der Waals surface area contributed by atoms with Crippen LogP contribution in [0.4, 0.5) is 0 Å². The Morgan fingerprint density at radius 1 is 0.561 bits per heavy atom. The van der Waals surface area contributed by atoms with Crippen molar-refractivity contribution in [2.24, 2.45) is 0 Å². The lowest BCUT2D eigenvalue weighted by Crippen LogP contribution is -2.47. The minimum atomic E-state index is -4.71. The highest BCUT2D eigenvalue weighted by Gasteiger charge is 2.27. The molecule has 378 valence electrons. The molecule has 0 spiro atoms. The van der Waals surface area contributed by atoms with Crippen LogP contribution in [0.1, 0.15) is 194 Å². The van der Waals surface area contributed by atoms with Crippen LogP contribution in [0.25, 0.3) is 0 Å². The zero-order chi connectivity index (χ0) is 48.7. The smallest absolute Gasteiger partial charge is 0.306 e. The van der Waals surface area contributed by atoms with Crippen LogP contribution in [-0.4, -0.2) is 69.4 Å². The lowest BCUT2D eigenvalue weighted by Gasteiger charge is -2.30. The lowest BCUT2D eigenvalue weighted by molar-refractivity contribution is -0.870. The molecule has 0 aromatic rings. The first kappa shape index (κ1) is 62.9. The third-order valence-electron chi connectivity index (χ3n) is 10.8. The fourth-order valence-corrected chi connectivity index (χ4v) is 7.53. The number of hydrogen-bond acceptors (Lipinski definition) is 7. The van der Waals surface area contributed by atoms with Gasteiger partial charge < -0.3 is 28.5 Å². The van der Waals surface area contributed by atoms with E-state index in [0.29, 0.717) is 23.9 Å². The van der Waals surface area contributed by atoms with Gasteiger partial charge in [0.15, 0.2) is 0 Å². The molecule has 3 atom stereocenters. The van der Waals surface area contributed by atoms with Gasteiger partial charge in [0, 0.05) is 12.8 Å². The molecule has 0 heterocycles. The molecule has 0 rings (SSSR count). The monoisotopic (exact) mass is 941 g/mol. The first-order chi connectivity index (χ1) is 31.9. The molecule has 3 unspecified atom stereocenters. The van der Waals surface area contributed by atoms with E-state index in [9.17, 15) is 19.0 Å². The second kappa shape index (κ2) is 45.7. The summed E-state index contributed by atoms with van der Waals surface area (Å²) in [6, 6.07) is -0.917. The van der Waals surface area contributed by atoms with Crippen LogP contribution in [0.15, 0.2) is 97.2 Å². The summed E-state index contributed by atoms with van der Waals surface area (Å²) in [5.41, 5.74) is 0. The maximum Gasteiger partial charge on any atom is 0.306 e. The number of unbranched alkanes of at least 4 members (excludes halogenated alkanes) is 17. The van der Waals surface area contributed by atoms with Gasteiger partial charge >= 0.3 is 5.97 Å². The van der Waals surface area contributed by atoms with Gasteiger partial charge in [-0.05, 0) is 89.5 Å². The molecule has 1 N–H and O–H groups in total. The van der Waals surface area contributed by atoms with Gasteiger partial charge in [0.05, 0.1) is 33.8 Å². The summed E-state index contributed by atoms with van der Waals surface area (Å²) in [5.74, 6) is -0.613. The first-order valence-corrected chi connectivity index (χ1v) is 27.5. The van der Waals surface area contributed by atoms with Crippen molar-refractivity contribution < 1.29 is 37.3 Å². The fraction of sp³-hybridized carbons (Fsp3) is 0.679. The Bertz CT molecular complexity index is 1460. The Hall–Kier alpha value is -3.07. The number of phosphoric acid groups is 1. The van der Waals surface area contributed by atoms with E-state index in [2.05, 4.69) is 105 Å². The van der Waals surface area contributed by atoms with E-state index < -0.39 is 26.6 Å². The third kappa shape index (κ3) is 46.1. The summed E-state index contributed by atoms with van der Waals surface area (Å²) in [6.07, 6.45) is 59.5. The van der Waals surface area contributed by atoms with Gasteiger partial charge in [-0.25, -0.2) is 0 Å². The SMILES string of the molecule is CC/C=C/C=C/C=C\CCCCCCCC(=O)OC(/C=C/CCCCCCCCCCC)C(COP(=O)([O-])OCC[N+](C)(C)C)NC(=O)CCCCC/C=C/C/C=C/C/C=C/C/C=C/CC. The molecule has 0 bridgehead atoms. The highest BCUT2D eigenvalue weighted by molar-refractivity contribution is 7.45. The molecular formula is C56H97N2O7P. The van der Waals surface area contributed by atoms with Gasteiger partial charge in [-0.15, -0.1) is 0 Å². The molecule has 0 aromatic carbocycles. The topological polar surface area (TPSA) is 114 Å². The second-order valence-electron chi connectivity index (χ2n) is 18.3. The standard InChI is InChI=1S/C56H97N2O7P/c1-7-10-13-16-19-22-25-27-28-29-31-33-36-39-42-45-48-55(59)57-53(52-64-66(61,62)63-51-50-58(4,5)6)54(47-44-41-38-35-32-24-21-18-15-12-9-3)65-56(60)49-46-43-40-37-34-30-26-23-20-17-14-11-8-2/h10-11,13-14,17,19-20,22-23,26-28,31,33,44,47,53-54H,7-9,12,15-16,18,21,24-25,29-30,32,34-43,45-46,48-52H2,1-6H3,(H-,57,59,61,62)/b13-10+,14-11+,20-17+,22-19+,26-23-,28-27+,33-31+,47-44+. The normalized spacial score (nSPS) is 14.7. The summed E-state index contributed by atoms with van der Waals surface area (Å²) >= 11 is 0. The minimum absolute atomic E-state index is 0.0374. The molecule has 0 aliphatic rings. The molecule has 0 saturated heterocycles. The number of likely N-dealkylation sites (N-methyl/N-ethyl adjacent to an activating group) is 1. The Morgan fingerprint density at radius 2 is 1.05 bits per heavy atom. The number of esters is 1. The van der Waals surface area contributed by atoms with Crippen LogP contribution >= 0.6 is 7.82 Å². The summed E-state index contributed by atoms with van der Waals surface area (Å²) in [5, 5.41) is 2.98. The number of nitrogens with zero attached hydrogens (tertiary/aromatic N) is 1. The molecule has 0 aliphatic heterocycles. The fourth-order valence-electron chi connectivity index (χ4n) is 6.80. The maximum absolute atomic E-state index is 13.4. The van der Waals surface area contributed by atoms with E-state index in [0.717, 1.165) is 103 Å². The summed E-state index contributed by atoms with van der Waals surface area (Å²) < 4.78 is 30.1. The molecular weight excluding hydrogens is 844 g/mol. The zero-order valence-electron chi connectivity index (χ0n) is 42.9. The highest BCUT2D eigenvalue weighted by atomic mass is 31.2. The van der Waals surface area contributed by atoms with Gasteiger partial charge in [-0.1, -0.05) is 189 Å². The van der Waals surface area contributed by atoms with Crippen molar-refractivity contribution in [3.8, 4) is 0 Å². The molecule has 0 radical (unpaired) electrons. The maximum atomic E-state index is 13.4. The van der Waals surface area contributed by atoms with E-state index in [1.807, 2.05) is 33.3 Å². The van der Waals surface area contributed by atoms with Crippen molar-refractivity contribution >= 4 is 19.7 Å². The third-order valence-corrected chi connectivity index (χ3v) is 11.8. The van der Waals surface area contributed by atoms with E-state index in [1.165, 1.54) is 44.9 Å². The van der Waals surface area contributed by atoms with Crippen LogP contribution < -0.4 is 10.2 Å². The van der Waals surface area contributed by atoms with Crippen molar-refractivity contribution in [3.63, 3.8) is 0 Å². The van der Waals surface area contributed by atoms with E-state index >= 15 is 0 Å². The lowest BCUT2D eigenvalue weighted by atomic mass is 10.1. The van der Waals surface area contributed by atoms with Gasteiger partial charge in [-0.3, -0.25) is 14.2 Å². The number of carbonyl (C=O) groups is 2. The summed E-state index contributed by atoms with van der Waals surface area (Å²) in [4.78, 5) is 39.7. The van der Waals surface area contributed by atoms with Crippen molar-refractivity contribution in [1.82, 2.24) is 5.32 Å². The predicted molar refractivity (Wildman–Crippen MR) is 279 cm³/mol. The number of allylic oxidation sites excluding steroid dienone is 15. The second-order valence-corrected chi connectivity index (χ2v) is 19.7. The Kier molecular flexibility index (Phi) is 43.6. The Balaban J connectivity index is 5.50. The largest absolute Gasteiger partial charge is 0.756 e. The number of amides is 1. The van der Waals surface area contributed by atoms with Crippen molar-refractivity contribution in [3.05, 3.63) is 97.2 Å². The van der Waals surface area contributed by atoms with E-state index in [-0.39, 0.29) is 31.3 Å². The quantitative estimate of drug-likeness (QED) is 0.0161. The molecule has 66 heavy (non-hydrogen) atoms. The Morgan fingerprint density at radius 3 is 1.64 bits per heavy atom. The number of phosphoric ester groups is 1. The van der Waals surface area contributed by atoms with Gasteiger partial charge in [0.2, 0.25) is 5.91 Å². The predicted octanol–water partition coefficient (Wildman–Crippen LogP) is 14.6. The molecule has 1 amide bonds. The summed E-state index contributed by atoms with van der Waals surface area (Å²) in [6.45, 7) is 6.51. The van der Waals surface area contributed by atoms with Gasteiger partial charge in [0.1, 0.15) is 19.3 Å². The van der Waals surface area contributed by atoms with Gasteiger partial charge in [-0.2, -0.15) is 0 Å². The number of quaternary nitrogens is 1. The van der Waals surface area contributed by atoms with Crippen LogP contribution in [0, 0.1) is 0 Å². The van der Waals surface area contributed by atoms with E-state index in [1.54, 1.807) is 6.08 Å². The molecule has 0 aromatic heterocycles. The van der Waals surface area contributed by atoms with Crippen LogP contribution in [0.5, 0.6) is 0 Å². The molecule has 0 saturated carbocycles. The van der Waals surface area contributed by atoms with E-state index in [4.69, 9.17) is 13.8 Å². The number of rotatable bonds is 45. The van der Waals surface area contributed by atoms with Crippen molar-refractivity contribution in [2.45, 2.75) is 206 Å². The van der Waals surface area contributed by atoms with Crippen LogP contribution in [-0.2, 0) is 27.9 Å². The minimum Gasteiger partial charge on any atom is -0.756 e. The van der Waals surface area contributed by atoms with Crippen molar-refractivity contribution in [2.75, 3.05) is 40.9 Å². The Labute approximate surface area is 405 Å². The van der Waals surface area contributed by atoms with Crippen LogP contribution in [0.3, 0.4) is 0 Å². The average Bonchev–Trinajstić information content (AvgIpc) is 3.27. The van der Waals surface area contributed by atoms with Gasteiger partial charge in [0.25, 0.3) is 7.82 Å².